The minimum absolute atomic E-state index is 0.0266. The van der Waals surface area contributed by atoms with E-state index in [4.69, 9.17) is 4.74 Å². The van der Waals surface area contributed by atoms with Crippen molar-refractivity contribution in [1.82, 2.24) is 15.2 Å². The number of carbonyl (C=O) groups is 1. The maximum Gasteiger partial charge on any atom is 0.247 e. The van der Waals surface area contributed by atoms with E-state index in [9.17, 15) is 4.79 Å². The molecule has 0 bridgehead atoms. The van der Waals surface area contributed by atoms with Crippen molar-refractivity contribution in [2.24, 2.45) is 0 Å². The van der Waals surface area contributed by atoms with Crippen LogP contribution in [0.1, 0.15) is 29.6 Å². The molecule has 1 N–H and O–H groups in total. The predicted octanol–water partition coefficient (Wildman–Crippen LogP) is 3.09. The Labute approximate surface area is 158 Å². The highest BCUT2D eigenvalue weighted by atomic mass is 32.1. The Bertz CT molecular complexity index is 737. The SMILES string of the molecule is CC/C(=C\c1ccccc1)C(=O)NCc1nc(CN2CCOCC2)cs1. The fourth-order valence-electron chi connectivity index (χ4n) is 2.84. The van der Waals surface area contributed by atoms with Crippen molar-refractivity contribution in [3.8, 4) is 0 Å². The number of ether oxygens (including phenoxy) is 1. The second-order valence-electron chi connectivity index (χ2n) is 6.24. The highest BCUT2D eigenvalue weighted by molar-refractivity contribution is 7.09. The quantitative estimate of drug-likeness (QED) is 0.760. The zero-order valence-corrected chi connectivity index (χ0v) is 15.9. The van der Waals surface area contributed by atoms with E-state index in [1.807, 2.05) is 43.3 Å². The smallest absolute Gasteiger partial charge is 0.247 e. The molecule has 0 spiro atoms. The van der Waals surface area contributed by atoms with Crippen LogP contribution in [-0.4, -0.2) is 42.1 Å². The number of benzene rings is 1. The zero-order valence-electron chi connectivity index (χ0n) is 15.1. The molecule has 2 aromatic rings. The third kappa shape index (κ3) is 5.49. The Hall–Kier alpha value is -2.02. The van der Waals surface area contributed by atoms with Crippen LogP contribution in [0, 0.1) is 0 Å². The monoisotopic (exact) mass is 371 g/mol. The van der Waals surface area contributed by atoms with Gasteiger partial charge in [-0.2, -0.15) is 0 Å². The van der Waals surface area contributed by atoms with Crippen molar-refractivity contribution in [3.05, 3.63) is 57.6 Å². The van der Waals surface area contributed by atoms with Gasteiger partial charge in [-0.25, -0.2) is 4.98 Å². The van der Waals surface area contributed by atoms with Crippen LogP contribution in [0.3, 0.4) is 0 Å². The van der Waals surface area contributed by atoms with Gasteiger partial charge in [-0.1, -0.05) is 37.3 Å². The summed E-state index contributed by atoms with van der Waals surface area (Å²) in [7, 11) is 0. The van der Waals surface area contributed by atoms with Gasteiger partial charge in [0.05, 0.1) is 25.5 Å². The molecule has 5 nitrogen and oxygen atoms in total. The molecule has 1 aromatic heterocycles. The number of thiazole rings is 1. The molecular formula is C20H25N3O2S. The van der Waals surface area contributed by atoms with Crippen molar-refractivity contribution < 1.29 is 9.53 Å². The average Bonchev–Trinajstić information content (AvgIpc) is 3.13. The van der Waals surface area contributed by atoms with Gasteiger partial charge >= 0.3 is 0 Å². The number of aromatic nitrogens is 1. The van der Waals surface area contributed by atoms with Crippen molar-refractivity contribution in [2.75, 3.05) is 26.3 Å². The fraction of sp³-hybridized carbons (Fsp3) is 0.400. The third-order valence-electron chi connectivity index (χ3n) is 4.30. The molecule has 2 heterocycles. The Morgan fingerprint density at radius 3 is 2.81 bits per heavy atom. The molecule has 6 heteroatoms. The van der Waals surface area contributed by atoms with E-state index in [0.717, 1.165) is 54.7 Å². The van der Waals surface area contributed by atoms with Gasteiger partial charge in [0, 0.05) is 30.6 Å². The first-order valence-corrected chi connectivity index (χ1v) is 9.89. The maximum absolute atomic E-state index is 12.5. The van der Waals surface area contributed by atoms with Crippen LogP contribution < -0.4 is 5.32 Å². The summed E-state index contributed by atoms with van der Waals surface area (Å²) in [4.78, 5) is 19.4. The average molecular weight is 372 g/mol. The molecule has 1 aliphatic rings. The molecule has 0 unspecified atom stereocenters. The molecule has 0 aliphatic carbocycles. The summed E-state index contributed by atoms with van der Waals surface area (Å²) in [6.07, 6.45) is 2.64. The van der Waals surface area contributed by atoms with Crippen LogP contribution in [0.5, 0.6) is 0 Å². The van der Waals surface area contributed by atoms with Crippen LogP contribution in [0.15, 0.2) is 41.3 Å². The van der Waals surface area contributed by atoms with Gasteiger partial charge in [0.1, 0.15) is 5.01 Å². The number of hydrogen-bond acceptors (Lipinski definition) is 5. The van der Waals surface area contributed by atoms with E-state index in [-0.39, 0.29) is 5.91 Å². The van der Waals surface area contributed by atoms with Gasteiger partial charge in [0.25, 0.3) is 0 Å². The van der Waals surface area contributed by atoms with E-state index < -0.39 is 0 Å². The Balaban J connectivity index is 1.53. The van der Waals surface area contributed by atoms with Crippen molar-refractivity contribution >= 4 is 23.3 Å². The van der Waals surface area contributed by atoms with Gasteiger partial charge in [0.2, 0.25) is 5.91 Å². The summed E-state index contributed by atoms with van der Waals surface area (Å²) in [5.41, 5.74) is 2.89. The van der Waals surface area contributed by atoms with E-state index in [1.165, 1.54) is 0 Å². The van der Waals surface area contributed by atoms with Crippen LogP contribution in [-0.2, 0) is 22.6 Å². The molecule has 26 heavy (non-hydrogen) atoms. The second-order valence-corrected chi connectivity index (χ2v) is 7.18. The molecule has 1 amide bonds. The lowest BCUT2D eigenvalue weighted by atomic mass is 10.1. The number of rotatable bonds is 7. The number of nitrogens with zero attached hydrogens (tertiary/aromatic N) is 2. The molecule has 3 rings (SSSR count). The molecule has 138 valence electrons. The summed E-state index contributed by atoms with van der Waals surface area (Å²) >= 11 is 1.60. The highest BCUT2D eigenvalue weighted by Crippen LogP contribution is 2.14. The highest BCUT2D eigenvalue weighted by Gasteiger charge is 2.13. The van der Waals surface area contributed by atoms with Gasteiger partial charge in [-0.15, -0.1) is 11.3 Å². The minimum Gasteiger partial charge on any atom is -0.379 e. The first-order valence-electron chi connectivity index (χ1n) is 9.02. The topological polar surface area (TPSA) is 54.5 Å². The number of nitrogens with one attached hydrogen (secondary N) is 1. The van der Waals surface area contributed by atoms with Gasteiger partial charge < -0.3 is 10.1 Å². The summed E-state index contributed by atoms with van der Waals surface area (Å²) in [5.74, 6) is -0.0266. The standard InChI is InChI=1S/C20H25N3O2S/c1-2-17(12-16-6-4-3-5-7-16)20(24)21-13-19-22-18(15-26-19)14-23-8-10-25-11-9-23/h3-7,12,15H,2,8-11,13-14H2,1H3,(H,21,24)/b17-12+. The third-order valence-corrected chi connectivity index (χ3v) is 5.20. The van der Waals surface area contributed by atoms with Crippen LogP contribution >= 0.6 is 11.3 Å². The normalized spacial score (nSPS) is 15.8. The molecule has 0 atom stereocenters. The minimum atomic E-state index is -0.0266. The fourth-order valence-corrected chi connectivity index (χ4v) is 3.56. The van der Waals surface area contributed by atoms with Crippen LogP contribution in [0.2, 0.25) is 0 Å². The molecule has 1 aromatic carbocycles. The number of morpholine rings is 1. The number of amides is 1. The first-order chi connectivity index (χ1) is 12.7. The van der Waals surface area contributed by atoms with E-state index in [2.05, 4.69) is 20.6 Å². The molecule has 1 aliphatic heterocycles. The molecule has 1 saturated heterocycles. The van der Waals surface area contributed by atoms with Crippen molar-refractivity contribution in [1.29, 1.82) is 0 Å². The Morgan fingerprint density at radius 2 is 2.08 bits per heavy atom. The summed E-state index contributed by atoms with van der Waals surface area (Å²) < 4.78 is 5.37. The number of carbonyl (C=O) groups excluding carboxylic acids is 1. The van der Waals surface area contributed by atoms with Crippen molar-refractivity contribution in [3.63, 3.8) is 0 Å². The maximum atomic E-state index is 12.5. The van der Waals surface area contributed by atoms with Gasteiger partial charge in [-0.05, 0) is 18.1 Å². The van der Waals surface area contributed by atoms with E-state index in [0.29, 0.717) is 13.0 Å². The number of hydrogen-bond donors (Lipinski definition) is 1. The summed E-state index contributed by atoms with van der Waals surface area (Å²) in [5, 5.41) is 6.02. The lowest BCUT2D eigenvalue weighted by Gasteiger charge is -2.25. The summed E-state index contributed by atoms with van der Waals surface area (Å²) in [6, 6.07) is 9.93. The Kier molecular flexibility index (Phi) is 6.94. The van der Waals surface area contributed by atoms with E-state index >= 15 is 0 Å². The van der Waals surface area contributed by atoms with Crippen molar-refractivity contribution in [2.45, 2.75) is 26.4 Å². The second kappa shape index (κ2) is 9.62. The molecule has 0 radical (unpaired) electrons. The molecule has 0 saturated carbocycles. The van der Waals surface area contributed by atoms with Crippen LogP contribution in [0.4, 0.5) is 0 Å². The molecule has 1 fully saturated rings. The predicted molar refractivity (Wildman–Crippen MR) is 105 cm³/mol. The zero-order chi connectivity index (χ0) is 18.2. The first kappa shape index (κ1) is 18.8. The van der Waals surface area contributed by atoms with Crippen LogP contribution in [0.25, 0.3) is 6.08 Å². The summed E-state index contributed by atoms with van der Waals surface area (Å²) in [6.45, 7) is 6.81. The van der Waals surface area contributed by atoms with E-state index in [1.54, 1.807) is 11.3 Å². The Morgan fingerprint density at radius 1 is 1.31 bits per heavy atom. The largest absolute Gasteiger partial charge is 0.379 e. The lowest BCUT2D eigenvalue weighted by Crippen LogP contribution is -2.35. The van der Waals surface area contributed by atoms with Gasteiger partial charge in [-0.3, -0.25) is 9.69 Å². The molecular weight excluding hydrogens is 346 g/mol. The van der Waals surface area contributed by atoms with Gasteiger partial charge in [0.15, 0.2) is 0 Å². The lowest BCUT2D eigenvalue weighted by molar-refractivity contribution is -0.117.